The van der Waals surface area contributed by atoms with Crippen LogP contribution in [0.3, 0.4) is 0 Å². The predicted octanol–water partition coefficient (Wildman–Crippen LogP) is 2.37. The van der Waals surface area contributed by atoms with Crippen LogP contribution in [0, 0.1) is 5.92 Å². The molecule has 0 N–H and O–H groups in total. The summed E-state index contributed by atoms with van der Waals surface area (Å²) >= 11 is 0. The second kappa shape index (κ2) is 7.93. The number of hydrogen-bond acceptors (Lipinski definition) is 6. The number of benzene rings is 1. The second-order valence-electron chi connectivity index (χ2n) is 8.13. The van der Waals surface area contributed by atoms with Gasteiger partial charge in [-0.15, -0.1) is 15.3 Å². The van der Waals surface area contributed by atoms with Crippen molar-refractivity contribution in [2.45, 2.75) is 25.2 Å². The van der Waals surface area contributed by atoms with Crippen molar-refractivity contribution in [3.63, 3.8) is 0 Å². The van der Waals surface area contributed by atoms with Crippen LogP contribution < -0.4 is 9.64 Å². The summed E-state index contributed by atoms with van der Waals surface area (Å²) in [6, 6.07) is 12.1. The number of likely N-dealkylation sites (tertiary alicyclic amines) is 1. The van der Waals surface area contributed by atoms with Crippen molar-refractivity contribution >= 4 is 17.4 Å². The maximum atomic E-state index is 13.1. The van der Waals surface area contributed by atoms with Crippen molar-refractivity contribution < 1.29 is 9.53 Å². The van der Waals surface area contributed by atoms with Crippen molar-refractivity contribution in [2.24, 2.45) is 5.92 Å². The molecule has 5 rings (SSSR count). The molecule has 1 aromatic carbocycles. The molecule has 0 saturated carbocycles. The summed E-state index contributed by atoms with van der Waals surface area (Å²) in [5, 5.41) is 12.5. The highest BCUT2D eigenvalue weighted by Crippen LogP contribution is 2.31. The van der Waals surface area contributed by atoms with E-state index in [1.54, 1.807) is 18.0 Å². The minimum Gasteiger partial charge on any atom is -0.497 e. The third-order valence-corrected chi connectivity index (χ3v) is 6.40. The van der Waals surface area contributed by atoms with Gasteiger partial charge in [-0.05, 0) is 49.1 Å². The lowest BCUT2D eigenvalue weighted by atomic mass is 9.95. The van der Waals surface area contributed by atoms with Gasteiger partial charge in [0.1, 0.15) is 17.9 Å². The number of piperidine rings is 1. The van der Waals surface area contributed by atoms with E-state index in [0.29, 0.717) is 11.8 Å². The van der Waals surface area contributed by atoms with Gasteiger partial charge in [-0.2, -0.15) is 4.52 Å². The number of fused-ring (bicyclic) bond motifs is 1. The van der Waals surface area contributed by atoms with Gasteiger partial charge < -0.3 is 14.5 Å². The first-order valence-corrected chi connectivity index (χ1v) is 10.6. The molecule has 1 unspecified atom stereocenters. The average molecular weight is 406 g/mol. The Balaban J connectivity index is 1.17. The van der Waals surface area contributed by atoms with Gasteiger partial charge in [-0.25, -0.2) is 0 Å². The summed E-state index contributed by atoms with van der Waals surface area (Å²) in [4.78, 5) is 17.4. The van der Waals surface area contributed by atoms with Crippen LogP contribution in [0.4, 0.5) is 5.82 Å². The molecule has 3 aromatic rings. The Morgan fingerprint density at radius 2 is 1.83 bits per heavy atom. The number of ether oxygens (including phenoxy) is 1. The van der Waals surface area contributed by atoms with E-state index in [0.717, 1.165) is 62.7 Å². The Labute approximate surface area is 175 Å². The third-order valence-electron chi connectivity index (χ3n) is 6.40. The van der Waals surface area contributed by atoms with Crippen LogP contribution in [0.15, 0.2) is 42.7 Å². The van der Waals surface area contributed by atoms with Crippen LogP contribution in [-0.4, -0.2) is 63.9 Å². The molecule has 2 aliphatic rings. The molecule has 2 aromatic heterocycles. The number of carbonyl (C=O) groups excluding carboxylic acids is 1. The summed E-state index contributed by atoms with van der Waals surface area (Å²) in [6.07, 6.45) is 4.37. The highest BCUT2D eigenvalue weighted by Gasteiger charge is 2.33. The van der Waals surface area contributed by atoms with Crippen molar-refractivity contribution in [2.75, 3.05) is 38.2 Å². The molecule has 156 valence electrons. The lowest BCUT2D eigenvalue weighted by Gasteiger charge is -2.33. The molecule has 0 aliphatic carbocycles. The van der Waals surface area contributed by atoms with Gasteiger partial charge in [0.25, 0.3) is 0 Å². The van der Waals surface area contributed by atoms with Crippen LogP contribution in [0.25, 0.3) is 5.65 Å². The lowest BCUT2D eigenvalue weighted by molar-refractivity contribution is -0.135. The van der Waals surface area contributed by atoms with Crippen LogP contribution >= 0.6 is 0 Å². The van der Waals surface area contributed by atoms with E-state index >= 15 is 0 Å². The summed E-state index contributed by atoms with van der Waals surface area (Å²) in [5.74, 6) is 2.62. The van der Waals surface area contributed by atoms with Gasteiger partial charge in [0.05, 0.1) is 7.11 Å². The standard InChI is InChI=1S/C22H26N6O2/c1-30-19-4-2-16(3-5-19)18-10-13-27(14-18)22(29)17-8-11-26(12-9-17)21-7-6-20-24-23-15-28(20)25-21/h2-7,15,17-18H,8-14H2,1H3. The molecule has 1 amide bonds. The zero-order valence-corrected chi connectivity index (χ0v) is 17.1. The molecular weight excluding hydrogens is 380 g/mol. The zero-order chi connectivity index (χ0) is 20.5. The Morgan fingerprint density at radius 3 is 2.60 bits per heavy atom. The third kappa shape index (κ3) is 3.58. The minimum absolute atomic E-state index is 0.106. The Hall–Kier alpha value is -3.16. The lowest BCUT2D eigenvalue weighted by Crippen LogP contribution is -2.42. The topological polar surface area (TPSA) is 75.9 Å². The number of carbonyl (C=O) groups is 1. The monoisotopic (exact) mass is 406 g/mol. The van der Waals surface area contributed by atoms with E-state index in [-0.39, 0.29) is 5.92 Å². The predicted molar refractivity (Wildman–Crippen MR) is 113 cm³/mol. The molecule has 0 radical (unpaired) electrons. The molecule has 4 heterocycles. The van der Waals surface area contributed by atoms with E-state index in [1.807, 2.05) is 24.3 Å². The van der Waals surface area contributed by atoms with E-state index < -0.39 is 0 Å². The molecule has 2 saturated heterocycles. The Bertz CT molecular complexity index is 1030. The molecule has 0 spiro atoms. The van der Waals surface area contributed by atoms with Gasteiger partial charge in [0, 0.05) is 38.0 Å². The molecule has 8 heteroatoms. The van der Waals surface area contributed by atoms with Gasteiger partial charge in [0.2, 0.25) is 5.91 Å². The highest BCUT2D eigenvalue weighted by molar-refractivity contribution is 5.79. The molecule has 0 bridgehead atoms. The number of anilines is 1. The van der Waals surface area contributed by atoms with Crippen LogP contribution in [0.1, 0.15) is 30.7 Å². The zero-order valence-electron chi connectivity index (χ0n) is 17.1. The van der Waals surface area contributed by atoms with Gasteiger partial charge in [-0.1, -0.05) is 12.1 Å². The summed E-state index contributed by atoms with van der Waals surface area (Å²) in [5.41, 5.74) is 2.03. The average Bonchev–Trinajstić information content (AvgIpc) is 3.48. The first-order valence-electron chi connectivity index (χ1n) is 10.6. The maximum absolute atomic E-state index is 13.1. The van der Waals surface area contributed by atoms with Crippen molar-refractivity contribution in [1.82, 2.24) is 24.7 Å². The molecule has 2 fully saturated rings. The molecular formula is C22H26N6O2. The van der Waals surface area contributed by atoms with Gasteiger partial charge in [-0.3, -0.25) is 4.79 Å². The summed E-state index contributed by atoms with van der Waals surface area (Å²) in [6.45, 7) is 3.35. The summed E-state index contributed by atoms with van der Waals surface area (Å²) < 4.78 is 6.94. The largest absolute Gasteiger partial charge is 0.497 e. The first kappa shape index (κ1) is 18.8. The highest BCUT2D eigenvalue weighted by atomic mass is 16.5. The number of nitrogens with zero attached hydrogens (tertiary/aromatic N) is 6. The SMILES string of the molecule is COc1ccc(C2CCN(C(=O)C3CCN(c4ccc5nncn5n4)CC3)C2)cc1. The minimum atomic E-state index is 0.106. The second-order valence-corrected chi connectivity index (χ2v) is 8.13. The molecule has 30 heavy (non-hydrogen) atoms. The Kier molecular flexibility index (Phi) is 4.98. The van der Waals surface area contributed by atoms with Crippen LogP contribution in [0.2, 0.25) is 0 Å². The number of amides is 1. The number of aromatic nitrogens is 4. The quantitative estimate of drug-likeness (QED) is 0.662. The smallest absolute Gasteiger partial charge is 0.225 e. The van der Waals surface area contributed by atoms with Gasteiger partial charge in [0.15, 0.2) is 5.65 Å². The van der Waals surface area contributed by atoms with Crippen molar-refractivity contribution in [1.29, 1.82) is 0 Å². The molecule has 1 atom stereocenters. The van der Waals surface area contributed by atoms with E-state index in [4.69, 9.17) is 4.74 Å². The number of hydrogen-bond donors (Lipinski definition) is 0. The van der Waals surface area contributed by atoms with Gasteiger partial charge >= 0.3 is 0 Å². The molecule has 8 nitrogen and oxygen atoms in total. The van der Waals surface area contributed by atoms with Crippen molar-refractivity contribution in [3.8, 4) is 5.75 Å². The fourth-order valence-electron chi connectivity index (χ4n) is 4.61. The van der Waals surface area contributed by atoms with E-state index in [1.165, 1.54) is 5.56 Å². The maximum Gasteiger partial charge on any atom is 0.225 e. The molecule has 2 aliphatic heterocycles. The van der Waals surface area contributed by atoms with Crippen LogP contribution in [0.5, 0.6) is 5.75 Å². The Morgan fingerprint density at radius 1 is 1.03 bits per heavy atom. The fraction of sp³-hybridized carbons (Fsp3) is 0.455. The fourth-order valence-corrected chi connectivity index (χ4v) is 4.61. The van der Waals surface area contributed by atoms with Crippen molar-refractivity contribution in [3.05, 3.63) is 48.3 Å². The first-order chi connectivity index (χ1) is 14.7. The summed E-state index contributed by atoms with van der Waals surface area (Å²) in [7, 11) is 1.68. The number of rotatable bonds is 4. The van der Waals surface area contributed by atoms with Crippen LogP contribution in [-0.2, 0) is 4.79 Å². The van der Waals surface area contributed by atoms with E-state index in [9.17, 15) is 4.79 Å². The number of methoxy groups -OCH3 is 1. The van der Waals surface area contributed by atoms with E-state index in [2.05, 4.69) is 37.2 Å². The normalized spacial score (nSPS) is 20.1.